The van der Waals surface area contributed by atoms with E-state index in [0.29, 0.717) is 5.75 Å². The van der Waals surface area contributed by atoms with E-state index in [4.69, 9.17) is 4.74 Å². The lowest BCUT2D eigenvalue weighted by Gasteiger charge is -2.19. The highest BCUT2D eigenvalue weighted by molar-refractivity contribution is 5.83. The van der Waals surface area contributed by atoms with Crippen LogP contribution < -0.4 is 10.2 Å². The van der Waals surface area contributed by atoms with Gasteiger partial charge in [0, 0.05) is 0 Å². The van der Waals surface area contributed by atoms with E-state index >= 15 is 0 Å². The molecule has 1 amide bonds. The summed E-state index contributed by atoms with van der Waals surface area (Å²) in [6, 6.07) is 15.9. The molecule has 0 saturated carbocycles. The van der Waals surface area contributed by atoms with Crippen molar-refractivity contribution in [2.45, 2.75) is 52.4 Å². The molecule has 0 saturated heterocycles. The summed E-state index contributed by atoms with van der Waals surface area (Å²) in [6.07, 6.45) is 1.63. The van der Waals surface area contributed by atoms with E-state index in [1.54, 1.807) is 6.21 Å². The summed E-state index contributed by atoms with van der Waals surface area (Å²) in [5.74, 6) is 0.373. The molecule has 2 aromatic rings. The van der Waals surface area contributed by atoms with Gasteiger partial charge in [0.1, 0.15) is 5.75 Å². The van der Waals surface area contributed by atoms with Crippen LogP contribution in [0.2, 0.25) is 0 Å². The van der Waals surface area contributed by atoms with Gasteiger partial charge in [-0.2, -0.15) is 5.10 Å². The normalized spacial score (nSPS) is 12.2. The molecule has 0 fully saturated rings. The van der Waals surface area contributed by atoms with Gasteiger partial charge in [0.05, 0.1) is 6.21 Å². The third-order valence-corrected chi connectivity index (χ3v) is 4.27. The van der Waals surface area contributed by atoms with Crippen molar-refractivity contribution in [2.75, 3.05) is 6.61 Å². The fourth-order valence-electron chi connectivity index (χ4n) is 2.48. The molecule has 0 spiro atoms. The SMILES string of the molecule is CC(C)(C)c1ccc(/C=N/NC(=O)COc2ccc(C(C)(C)C)cc2)cc1. The average Bonchev–Trinajstić information content (AvgIpc) is 2.59. The molecule has 4 heteroatoms. The van der Waals surface area contributed by atoms with Crippen molar-refractivity contribution >= 4 is 12.1 Å². The number of rotatable bonds is 5. The molecule has 0 heterocycles. The quantitative estimate of drug-likeness (QED) is 0.610. The predicted molar refractivity (Wildman–Crippen MR) is 112 cm³/mol. The van der Waals surface area contributed by atoms with Gasteiger partial charge < -0.3 is 4.74 Å². The van der Waals surface area contributed by atoms with E-state index in [9.17, 15) is 4.79 Å². The summed E-state index contributed by atoms with van der Waals surface area (Å²) >= 11 is 0. The van der Waals surface area contributed by atoms with Gasteiger partial charge in [-0.05, 0) is 39.7 Å². The van der Waals surface area contributed by atoms with Gasteiger partial charge in [-0.1, -0.05) is 77.9 Å². The van der Waals surface area contributed by atoms with Gasteiger partial charge >= 0.3 is 0 Å². The summed E-state index contributed by atoms with van der Waals surface area (Å²) in [4.78, 5) is 11.9. The minimum atomic E-state index is -0.294. The Morgan fingerprint density at radius 2 is 1.37 bits per heavy atom. The molecule has 0 aliphatic carbocycles. The van der Waals surface area contributed by atoms with Gasteiger partial charge in [0.25, 0.3) is 5.91 Å². The molecule has 0 aliphatic rings. The zero-order valence-corrected chi connectivity index (χ0v) is 17.2. The number of hydrogen-bond donors (Lipinski definition) is 1. The number of carbonyl (C=O) groups is 1. The number of nitrogens with one attached hydrogen (secondary N) is 1. The van der Waals surface area contributed by atoms with Crippen LogP contribution in [0.25, 0.3) is 0 Å². The molecule has 0 radical (unpaired) electrons. The van der Waals surface area contributed by atoms with Crippen molar-refractivity contribution in [3.05, 3.63) is 65.2 Å². The second-order valence-electron chi connectivity index (χ2n) is 8.73. The molecular formula is C23H30N2O2. The number of ether oxygens (including phenoxy) is 1. The summed E-state index contributed by atoms with van der Waals surface area (Å²) in [7, 11) is 0. The zero-order chi connectivity index (χ0) is 20.1. The molecule has 144 valence electrons. The lowest BCUT2D eigenvalue weighted by Crippen LogP contribution is -2.24. The van der Waals surface area contributed by atoms with Gasteiger partial charge in [-0.25, -0.2) is 5.43 Å². The number of hydrogen-bond acceptors (Lipinski definition) is 3. The Balaban J connectivity index is 1.81. The van der Waals surface area contributed by atoms with Crippen molar-refractivity contribution in [3.63, 3.8) is 0 Å². The van der Waals surface area contributed by atoms with Crippen LogP contribution >= 0.6 is 0 Å². The number of amides is 1. The summed E-state index contributed by atoms with van der Waals surface area (Å²) < 4.78 is 5.51. The van der Waals surface area contributed by atoms with Crippen LogP contribution in [0.5, 0.6) is 5.75 Å². The maximum Gasteiger partial charge on any atom is 0.277 e. The van der Waals surface area contributed by atoms with Crippen molar-refractivity contribution in [2.24, 2.45) is 5.10 Å². The first kappa shape index (κ1) is 20.7. The molecule has 0 aliphatic heterocycles. The minimum absolute atomic E-state index is 0.0742. The van der Waals surface area contributed by atoms with Crippen LogP contribution in [0.1, 0.15) is 58.2 Å². The summed E-state index contributed by atoms with van der Waals surface area (Å²) in [6.45, 7) is 12.9. The zero-order valence-electron chi connectivity index (χ0n) is 17.2. The molecule has 4 nitrogen and oxygen atoms in total. The lowest BCUT2D eigenvalue weighted by molar-refractivity contribution is -0.123. The molecular weight excluding hydrogens is 336 g/mol. The van der Waals surface area contributed by atoms with Crippen molar-refractivity contribution in [1.82, 2.24) is 5.43 Å². The number of benzene rings is 2. The molecule has 1 N–H and O–H groups in total. The fourth-order valence-corrected chi connectivity index (χ4v) is 2.48. The Labute approximate surface area is 162 Å². The Hall–Kier alpha value is -2.62. The van der Waals surface area contributed by atoms with E-state index in [-0.39, 0.29) is 23.3 Å². The maximum absolute atomic E-state index is 11.9. The van der Waals surface area contributed by atoms with Crippen LogP contribution in [-0.2, 0) is 15.6 Å². The molecule has 2 rings (SSSR count). The summed E-state index contributed by atoms with van der Waals surface area (Å²) in [5, 5.41) is 3.99. The third-order valence-electron chi connectivity index (χ3n) is 4.27. The highest BCUT2D eigenvalue weighted by atomic mass is 16.5. The molecule has 2 aromatic carbocycles. The third kappa shape index (κ3) is 6.55. The van der Waals surface area contributed by atoms with Gasteiger partial charge in [-0.15, -0.1) is 0 Å². The second-order valence-corrected chi connectivity index (χ2v) is 8.73. The lowest BCUT2D eigenvalue weighted by atomic mass is 9.87. The molecule has 0 unspecified atom stereocenters. The monoisotopic (exact) mass is 366 g/mol. The maximum atomic E-state index is 11.9. The predicted octanol–water partition coefficient (Wildman–Crippen LogP) is 4.81. The van der Waals surface area contributed by atoms with Crippen LogP contribution in [0, 0.1) is 0 Å². The largest absolute Gasteiger partial charge is 0.484 e. The molecule has 0 aromatic heterocycles. The van der Waals surface area contributed by atoms with Crippen molar-refractivity contribution < 1.29 is 9.53 Å². The molecule has 0 bridgehead atoms. The first-order chi connectivity index (χ1) is 12.6. The van der Waals surface area contributed by atoms with Crippen LogP contribution in [0.3, 0.4) is 0 Å². The van der Waals surface area contributed by atoms with Crippen LogP contribution in [-0.4, -0.2) is 18.7 Å². The summed E-state index contributed by atoms with van der Waals surface area (Å²) in [5.41, 5.74) is 6.11. The number of carbonyl (C=O) groups excluding carboxylic acids is 1. The van der Waals surface area contributed by atoms with Gasteiger partial charge in [0.15, 0.2) is 6.61 Å². The van der Waals surface area contributed by atoms with Crippen molar-refractivity contribution in [3.8, 4) is 5.75 Å². The minimum Gasteiger partial charge on any atom is -0.484 e. The highest BCUT2D eigenvalue weighted by Gasteiger charge is 2.13. The molecule has 0 atom stereocenters. The first-order valence-corrected chi connectivity index (χ1v) is 9.21. The highest BCUT2D eigenvalue weighted by Crippen LogP contribution is 2.24. The van der Waals surface area contributed by atoms with E-state index < -0.39 is 0 Å². The van der Waals surface area contributed by atoms with Crippen LogP contribution in [0.15, 0.2) is 53.6 Å². The van der Waals surface area contributed by atoms with Gasteiger partial charge in [-0.3, -0.25) is 4.79 Å². The Bertz CT molecular complexity index is 777. The van der Waals surface area contributed by atoms with Gasteiger partial charge in [0.2, 0.25) is 0 Å². The average molecular weight is 367 g/mol. The number of hydrazone groups is 1. The van der Waals surface area contributed by atoms with E-state index in [1.165, 1.54) is 11.1 Å². The van der Waals surface area contributed by atoms with E-state index in [0.717, 1.165) is 5.56 Å². The standard InChI is InChI=1S/C23H30N2O2/c1-22(2,3)18-9-7-17(8-10-18)15-24-25-21(26)16-27-20-13-11-19(12-14-20)23(4,5)6/h7-15H,16H2,1-6H3,(H,25,26)/b24-15+. The number of nitrogens with zero attached hydrogens (tertiary/aromatic N) is 1. The van der Waals surface area contributed by atoms with Crippen LogP contribution in [0.4, 0.5) is 0 Å². The second kappa shape index (κ2) is 8.38. The van der Waals surface area contributed by atoms with E-state index in [2.05, 4.69) is 64.2 Å². The van der Waals surface area contributed by atoms with Crippen molar-refractivity contribution in [1.29, 1.82) is 0 Å². The Kier molecular flexibility index (Phi) is 6.42. The van der Waals surface area contributed by atoms with E-state index in [1.807, 2.05) is 36.4 Å². The smallest absolute Gasteiger partial charge is 0.277 e. The topological polar surface area (TPSA) is 50.7 Å². The Morgan fingerprint density at radius 1 is 0.889 bits per heavy atom. The molecule has 27 heavy (non-hydrogen) atoms. The fraction of sp³-hybridized carbons (Fsp3) is 0.391. The Morgan fingerprint density at radius 3 is 1.85 bits per heavy atom. The first-order valence-electron chi connectivity index (χ1n) is 9.21.